The van der Waals surface area contributed by atoms with E-state index in [1.165, 1.54) is 10.00 Å². The number of aromatic nitrogens is 1. The third-order valence-electron chi connectivity index (χ3n) is 5.04. The lowest BCUT2D eigenvalue weighted by Crippen LogP contribution is -2.36. The van der Waals surface area contributed by atoms with E-state index in [4.69, 9.17) is 0 Å². The van der Waals surface area contributed by atoms with E-state index in [0.717, 1.165) is 19.6 Å². The number of amides is 1. The first-order chi connectivity index (χ1) is 13.5. The van der Waals surface area contributed by atoms with Crippen LogP contribution in [0.15, 0.2) is 53.6 Å². The Bertz CT molecular complexity index is 880. The predicted octanol–water partition coefficient (Wildman–Crippen LogP) is 1.43. The predicted molar refractivity (Wildman–Crippen MR) is 108 cm³/mol. The third-order valence-corrected chi connectivity index (χ3v) is 6.95. The molecule has 2 aromatic rings. The van der Waals surface area contributed by atoms with E-state index in [9.17, 15) is 13.2 Å². The number of aryl methyl sites for hydroxylation is 1. The number of carbonyl (C=O) groups excluding carboxylic acids is 1. The van der Waals surface area contributed by atoms with E-state index in [1.54, 1.807) is 30.3 Å². The Labute approximate surface area is 167 Å². The summed E-state index contributed by atoms with van der Waals surface area (Å²) >= 11 is 0. The molecule has 28 heavy (non-hydrogen) atoms. The zero-order chi connectivity index (χ0) is 20.0. The summed E-state index contributed by atoms with van der Waals surface area (Å²) in [6.45, 7) is 3.43. The second-order valence-corrected chi connectivity index (χ2v) is 9.00. The number of benzene rings is 1. The smallest absolute Gasteiger partial charge is 0.243 e. The molecule has 0 unspecified atom stereocenters. The maximum atomic E-state index is 13.0. The lowest BCUT2D eigenvalue weighted by molar-refractivity contribution is -0.121. The average molecular weight is 405 g/mol. The second-order valence-electron chi connectivity index (χ2n) is 7.06. The third kappa shape index (κ3) is 5.21. The van der Waals surface area contributed by atoms with Crippen LogP contribution >= 0.6 is 0 Å². The first-order valence-corrected chi connectivity index (χ1v) is 11.1. The van der Waals surface area contributed by atoms with Crippen LogP contribution in [0.1, 0.15) is 18.5 Å². The molecule has 0 saturated carbocycles. The van der Waals surface area contributed by atoms with Gasteiger partial charge in [0, 0.05) is 58.1 Å². The van der Waals surface area contributed by atoms with Gasteiger partial charge in [0.25, 0.3) is 0 Å². The standard InChI is InChI=1S/C20H28N4O3S/c1-22-12-5-7-18(22)17-23-13-6-14-24(15-10-20(25)21-11-16-23)28(26,27)19-8-3-2-4-9-19/h2-5,7-9,12H,6,10-11,13-17H2,1H3,(H,21,25). The molecule has 0 bridgehead atoms. The van der Waals surface area contributed by atoms with Crippen molar-refractivity contribution in [2.75, 3.05) is 32.7 Å². The van der Waals surface area contributed by atoms with Crippen molar-refractivity contribution in [3.8, 4) is 0 Å². The van der Waals surface area contributed by atoms with Crippen molar-refractivity contribution < 1.29 is 13.2 Å². The molecular weight excluding hydrogens is 376 g/mol. The van der Waals surface area contributed by atoms with E-state index in [2.05, 4.69) is 20.9 Å². The Kier molecular flexibility index (Phi) is 6.88. The summed E-state index contributed by atoms with van der Waals surface area (Å²) in [6, 6.07) is 12.5. The van der Waals surface area contributed by atoms with Crippen molar-refractivity contribution in [1.29, 1.82) is 0 Å². The summed E-state index contributed by atoms with van der Waals surface area (Å²) in [5.74, 6) is -0.117. The first-order valence-electron chi connectivity index (χ1n) is 9.61. The van der Waals surface area contributed by atoms with Crippen LogP contribution in [0.25, 0.3) is 0 Å². The number of carbonyl (C=O) groups is 1. The molecule has 1 N–H and O–H groups in total. The lowest BCUT2D eigenvalue weighted by Gasteiger charge is -2.24. The molecule has 0 radical (unpaired) electrons. The van der Waals surface area contributed by atoms with Gasteiger partial charge in [-0.15, -0.1) is 0 Å². The van der Waals surface area contributed by atoms with Gasteiger partial charge >= 0.3 is 0 Å². The van der Waals surface area contributed by atoms with Gasteiger partial charge in [-0.25, -0.2) is 8.42 Å². The van der Waals surface area contributed by atoms with Crippen molar-refractivity contribution in [3.63, 3.8) is 0 Å². The molecule has 3 rings (SSSR count). The number of sulfonamides is 1. The summed E-state index contributed by atoms with van der Waals surface area (Å²) in [4.78, 5) is 14.7. The minimum absolute atomic E-state index is 0.117. The molecule has 0 atom stereocenters. The van der Waals surface area contributed by atoms with Crippen molar-refractivity contribution in [3.05, 3.63) is 54.4 Å². The van der Waals surface area contributed by atoms with E-state index >= 15 is 0 Å². The molecule has 1 aromatic carbocycles. The fourth-order valence-electron chi connectivity index (χ4n) is 3.39. The number of hydrogen-bond acceptors (Lipinski definition) is 4. The summed E-state index contributed by atoms with van der Waals surface area (Å²) in [6.07, 6.45) is 2.90. The van der Waals surface area contributed by atoms with Gasteiger partial charge in [-0.3, -0.25) is 9.69 Å². The molecule has 1 aromatic heterocycles. The SMILES string of the molecule is Cn1cccc1CN1CCCN(S(=O)(=O)c2ccccc2)CCC(=O)NCC1. The molecule has 0 aliphatic carbocycles. The van der Waals surface area contributed by atoms with Gasteiger partial charge in [-0.05, 0) is 37.2 Å². The molecule has 1 aliphatic heterocycles. The topological polar surface area (TPSA) is 74.6 Å². The van der Waals surface area contributed by atoms with Crippen LogP contribution in [-0.4, -0.2) is 60.8 Å². The van der Waals surface area contributed by atoms with E-state index < -0.39 is 10.0 Å². The number of nitrogens with zero attached hydrogens (tertiary/aromatic N) is 3. The minimum atomic E-state index is -3.61. The van der Waals surface area contributed by atoms with Gasteiger partial charge in [0.1, 0.15) is 0 Å². The van der Waals surface area contributed by atoms with Crippen molar-refractivity contribution in [2.24, 2.45) is 7.05 Å². The largest absolute Gasteiger partial charge is 0.355 e. The molecule has 1 saturated heterocycles. The minimum Gasteiger partial charge on any atom is -0.355 e. The van der Waals surface area contributed by atoms with Crippen LogP contribution in [0.3, 0.4) is 0 Å². The van der Waals surface area contributed by atoms with Gasteiger partial charge in [0.05, 0.1) is 4.90 Å². The van der Waals surface area contributed by atoms with Gasteiger partial charge in [0.15, 0.2) is 0 Å². The summed E-state index contributed by atoms with van der Waals surface area (Å²) < 4.78 is 29.5. The summed E-state index contributed by atoms with van der Waals surface area (Å²) in [5, 5.41) is 2.91. The molecule has 0 spiro atoms. The van der Waals surface area contributed by atoms with Gasteiger partial charge < -0.3 is 9.88 Å². The second kappa shape index (κ2) is 9.36. The molecule has 1 aliphatic rings. The van der Waals surface area contributed by atoms with E-state index in [0.29, 0.717) is 19.5 Å². The highest BCUT2D eigenvalue weighted by atomic mass is 32.2. The van der Waals surface area contributed by atoms with Crippen LogP contribution in [0, 0.1) is 0 Å². The zero-order valence-corrected chi connectivity index (χ0v) is 17.1. The van der Waals surface area contributed by atoms with Crippen LogP contribution in [-0.2, 0) is 28.4 Å². The van der Waals surface area contributed by atoms with Crippen LogP contribution in [0.2, 0.25) is 0 Å². The quantitative estimate of drug-likeness (QED) is 0.837. The lowest BCUT2D eigenvalue weighted by atomic mass is 10.3. The number of nitrogens with one attached hydrogen (secondary N) is 1. The molecule has 1 amide bonds. The highest BCUT2D eigenvalue weighted by Crippen LogP contribution is 2.17. The first kappa shape index (κ1) is 20.6. The van der Waals surface area contributed by atoms with Gasteiger partial charge in [0.2, 0.25) is 15.9 Å². The zero-order valence-electron chi connectivity index (χ0n) is 16.3. The van der Waals surface area contributed by atoms with Crippen molar-refractivity contribution in [1.82, 2.24) is 19.1 Å². The normalized spacial score (nSPS) is 18.4. The Morgan fingerprint density at radius 3 is 2.50 bits per heavy atom. The maximum absolute atomic E-state index is 13.0. The number of rotatable bonds is 4. The highest BCUT2D eigenvalue weighted by molar-refractivity contribution is 7.89. The molecule has 2 heterocycles. The monoisotopic (exact) mass is 404 g/mol. The molecule has 8 heteroatoms. The maximum Gasteiger partial charge on any atom is 0.243 e. The van der Waals surface area contributed by atoms with E-state index in [-0.39, 0.29) is 23.8 Å². The number of hydrogen-bond donors (Lipinski definition) is 1. The van der Waals surface area contributed by atoms with E-state index in [1.807, 2.05) is 19.3 Å². The molecule has 7 nitrogen and oxygen atoms in total. The highest BCUT2D eigenvalue weighted by Gasteiger charge is 2.25. The van der Waals surface area contributed by atoms with Gasteiger partial charge in [-0.1, -0.05) is 18.2 Å². The fourth-order valence-corrected chi connectivity index (χ4v) is 4.89. The molecule has 152 valence electrons. The summed E-state index contributed by atoms with van der Waals surface area (Å²) in [5.41, 5.74) is 1.19. The van der Waals surface area contributed by atoms with Gasteiger partial charge in [-0.2, -0.15) is 4.31 Å². The average Bonchev–Trinajstić information content (AvgIpc) is 3.07. The van der Waals surface area contributed by atoms with Crippen LogP contribution in [0.5, 0.6) is 0 Å². The van der Waals surface area contributed by atoms with Crippen LogP contribution < -0.4 is 5.32 Å². The fraction of sp³-hybridized carbons (Fsp3) is 0.450. The summed E-state index contributed by atoms with van der Waals surface area (Å²) in [7, 11) is -1.60. The van der Waals surface area contributed by atoms with Crippen LogP contribution in [0.4, 0.5) is 0 Å². The van der Waals surface area contributed by atoms with Crippen molar-refractivity contribution >= 4 is 15.9 Å². The Hall–Kier alpha value is -2.16. The molecule has 1 fully saturated rings. The Morgan fingerprint density at radius 2 is 1.79 bits per heavy atom. The molecular formula is C20H28N4O3S. The Morgan fingerprint density at radius 1 is 1.00 bits per heavy atom. The Balaban J connectivity index is 1.73. The van der Waals surface area contributed by atoms with Crippen molar-refractivity contribution in [2.45, 2.75) is 24.3 Å².